The molecule has 3 aromatic rings. The molecule has 2 atom stereocenters. The number of carbonyl (C=O) groups excluding carboxylic acids is 1. The summed E-state index contributed by atoms with van der Waals surface area (Å²) in [5.74, 6) is -2.88. The van der Waals surface area contributed by atoms with Crippen LogP contribution in [0.1, 0.15) is 55.1 Å². The Morgan fingerprint density at radius 2 is 2.03 bits per heavy atom. The highest BCUT2D eigenvalue weighted by molar-refractivity contribution is 14.1. The second-order valence-electron chi connectivity index (χ2n) is 9.60. The van der Waals surface area contributed by atoms with Gasteiger partial charge in [0.1, 0.15) is 6.61 Å². The molecule has 10 heteroatoms. The van der Waals surface area contributed by atoms with Gasteiger partial charge in [0.15, 0.2) is 11.4 Å². The van der Waals surface area contributed by atoms with Gasteiger partial charge in [-0.1, -0.05) is 40.8 Å². The fourth-order valence-electron chi connectivity index (χ4n) is 4.82. The Kier molecular flexibility index (Phi) is 6.40. The van der Waals surface area contributed by atoms with E-state index >= 15 is 0 Å². The van der Waals surface area contributed by atoms with E-state index < -0.39 is 18.1 Å². The SMILES string of the molecule is Cc1nnc(N[C@H](C)c2cccc(C(F)(F)CO)c2)c2cc3c(cc12)C(C)(OCI)C(=O)N3C1CC1. The highest BCUT2D eigenvalue weighted by Crippen LogP contribution is 2.49. The first-order valence-electron chi connectivity index (χ1n) is 11.8. The number of alkyl halides is 3. The smallest absolute Gasteiger partial charge is 0.295 e. The molecule has 1 aliphatic heterocycles. The third kappa shape index (κ3) is 4.12. The molecule has 7 nitrogen and oxygen atoms in total. The highest BCUT2D eigenvalue weighted by atomic mass is 127. The van der Waals surface area contributed by atoms with Crippen LogP contribution in [0.2, 0.25) is 0 Å². The second kappa shape index (κ2) is 9.14. The zero-order valence-corrected chi connectivity index (χ0v) is 22.3. The second-order valence-corrected chi connectivity index (χ2v) is 10.2. The van der Waals surface area contributed by atoms with Crippen molar-refractivity contribution in [3.8, 4) is 0 Å². The maximum Gasteiger partial charge on any atom is 0.295 e. The number of aryl methyl sites for hydroxylation is 1. The molecule has 1 amide bonds. The Bertz CT molecular complexity index is 1350. The number of carbonyl (C=O) groups is 1. The van der Waals surface area contributed by atoms with Crippen LogP contribution in [0.25, 0.3) is 10.8 Å². The largest absolute Gasteiger partial charge is 0.390 e. The monoisotopic (exact) mass is 608 g/mol. The van der Waals surface area contributed by atoms with Crippen molar-refractivity contribution in [3.05, 3.63) is 58.8 Å². The number of aliphatic hydroxyl groups excluding tert-OH is 1. The number of aromatic nitrogens is 2. The Morgan fingerprint density at radius 1 is 1.28 bits per heavy atom. The first-order chi connectivity index (χ1) is 17.1. The van der Waals surface area contributed by atoms with Gasteiger partial charge in [-0.25, -0.2) is 0 Å². The van der Waals surface area contributed by atoms with Gasteiger partial charge in [0.25, 0.3) is 11.8 Å². The summed E-state index contributed by atoms with van der Waals surface area (Å²) in [6, 6.07) is 9.71. The fraction of sp³-hybridized carbons (Fsp3) is 0.423. The number of hydrogen-bond donors (Lipinski definition) is 2. The third-order valence-electron chi connectivity index (χ3n) is 7.10. The molecule has 0 radical (unpaired) electrons. The molecular weight excluding hydrogens is 581 g/mol. The molecule has 1 unspecified atom stereocenters. The maximum atomic E-state index is 14.1. The fourth-order valence-corrected chi connectivity index (χ4v) is 5.44. The van der Waals surface area contributed by atoms with Crippen molar-refractivity contribution >= 4 is 50.8 Å². The van der Waals surface area contributed by atoms with Crippen molar-refractivity contribution in [3.63, 3.8) is 0 Å². The molecule has 36 heavy (non-hydrogen) atoms. The Balaban J connectivity index is 1.57. The van der Waals surface area contributed by atoms with Crippen LogP contribution >= 0.6 is 22.6 Å². The summed E-state index contributed by atoms with van der Waals surface area (Å²) in [6.45, 7) is 4.28. The summed E-state index contributed by atoms with van der Waals surface area (Å²) < 4.78 is 34.5. The van der Waals surface area contributed by atoms with Crippen molar-refractivity contribution in [1.29, 1.82) is 0 Å². The molecule has 2 aliphatic rings. The summed E-state index contributed by atoms with van der Waals surface area (Å²) in [7, 11) is 0. The van der Waals surface area contributed by atoms with E-state index in [1.807, 2.05) is 37.8 Å². The van der Waals surface area contributed by atoms with Gasteiger partial charge in [-0.2, -0.15) is 13.9 Å². The van der Waals surface area contributed by atoms with Gasteiger partial charge in [-0.05, 0) is 57.4 Å². The number of nitrogens with zero attached hydrogens (tertiary/aromatic N) is 3. The van der Waals surface area contributed by atoms with Crippen LogP contribution in [0.15, 0.2) is 36.4 Å². The zero-order chi connectivity index (χ0) is 25.8. The molecule has 1 fully saturated rings. The Morgan fingerprint density at radius 3 is 2.69 bits per heavy atom. The molecular formula is C26H27F2IN4O3. The maximum absolute atomic E-state index is 14.1. The number of hydrogen-bond acceptors (Lipinski definition) is 6. The summed E-state index contributed by atoms with van der Waals surface area (Å²) in [5, 5.41) is 22.7. The summed E-state index contributed by atoms with van der Waals surface area (Å²) >= 11 is 2.11. The molecule has 1 saturated carbocycles. The minimum absolute atomic E-state index is 0.0601. The third-order valence-corrected chi connectivity index (χ3v) is 7.41. The lowest BCUT2D eigenvalue weighted by Gasteiger charge is -2.23. The summed E-state index contributed by atoms with van der Waals surface area (Å²) in [4.78, 5) is 15.3. The van der Waals surface area contributed by atoms with Gasteiger partial charge in [0.05, 0.1) is 22.0 Å². The predicted molar refractivity (Wildman–Crippen MR) is 142 cm³/mol. The van der Waals surface area contributed by atoms with Crippen LogP contribution in [-0.2, 0) is 21.1 Å². The number of ether oxygens (including phenoxy) is 1. The van der Waals surface area contributed by atoms with Crippen LogP contribution in [0.5, 0.6) is 0 Å². The van der Waals surface area contributed by atoms with Crippen molar-refractivity contribution in [2.24, 2.45) is 0 Å². The molecule has 2 N–H and O–H groups in total. The van der Waals surface area contributed by atoms with E-state index in [1.54, 1.807) is 12.1 Å². The number of benzene rings is 2. The first-order valence-corrected chi connectivity index (χ1v) is 13.3. The molecule has 190 valence electrons. The van der Waals surface area contributed by atoms with Gasteiger partial charge in [-0.3, -0.25) is 4.79 Å². The normalized spacial score (nSPS) is 20.6. The van der Waals surface area contributed by atoms with E-state index in [1.165, 1.54) is 12.1 Å². The van der Waals surface area contributed by atoms with Crippen LogP contribution in [0.3, 0.4) is 0 Å². The van der Waals surface area contributed by atoms with E-state index in [0.717, 1.165) is 34.9 Å². The number of halogens is 3. The molecule has 0 bridgehead atoms. The summed E-state index contributed by atoms with van der Waals surface area (Å²) in [5.41, 5.74) is 1.65. The molecule has 0 spiro atoms. The predicted octanol–water partition coefficient (Wildman–Crippen LogP) is 5.33. The van der Waals surface area contributed by atoms with E-state index in [4.69, 9.17) is 9.84 Å². The number of rotatable bonds is 8. The van der Waals surface area contributed by atoms with Gasteiger partial charge in [0.2, 0.25) is 0 Å². The number of nitrogens with one attached hydrogen (secondary N) is 1. The zero-order valence-electron chi connectivity index (χ0n) is 20.2. The van der Waals surface area contributed by atoms with Gasteiger partial charge in [0, 0.05) is 27.9 Å². The molecule has 1 aliphatic carbocycles. The molecule has 2 aromatic carbocycles. The van der Waals surface area contributed by atoms with Crippen LogP contribution in [0.4, 0.5) is 20.3 Å². The molecule has 5 rings (SSSR count). The van der Waals surface area contributed by atoms with Crippen LogP contribution < -0.4 is 10.2 Å². The van der Waals surface area contributed by atoms with Gasteiger partial charge >= 0.3 is 0 Å². The quantitative estimate of drug-likeness (QED) is 0.266. The van der Waals surface area contributed by atoms with Crippen molar-refractivity contribution in [2.45, 2.75) is 57.2 Å². The number of anilines is 2. The standard InChI is InChI=1S/C26H27F2IN4O3/c1-14(16-5-4-6-17(9-16)26(27,28)12-34)30-23-20-11-22-21(10-19(20)15(2)31-32-23)25(3,36-13-29)24(35)33(22)18-7-8-18/h4-6,9-11,14,18,34H,7-8,12-13H2,1-3H3,(H,30,32)/t14-,25?/m1/s1. The minimum atomic E-state index is -3.32. The first kappa shape index (κ1) is 25.2. The number of amides is 1. The van der Waals surface area contributed by atoms with E-state index in [-0.39, 0.29) is 23.6 Å². The van der Waals surface area contributed by atoms with E-state index in [0.29, 0.717) is 21.7 Å². The lowest BCUT2D eigenvalue weighted by atomic mass is 9.94. The van der Waals surface area contributed by atoms with Gasteiger partial charge in [-0.15, -0.1) is 5.10 Å². The topological polar surface area (TPSA) is 87.6 Å². The summed E-state index contributed by atoms with van der Waals surface area (Å²) in [6.07, 6.45) is 1.90. The van der Waals surface area contributed by atoms with Crippen molar-refractivity contribution in [1.82, 2.24) is 10.2 Å². The lowest BCUT2D eigenvalue weighted by molar-refractivity contribution is -0.138. The Labute approximate surface area is 221 Å². The number of aliphatic hydroxyl groups is 1. The van der Waals surface area contributed by atoms with E-state index in [2.05, 4.69) is 38.1 Å². The Hall–Kier alpha value is -2.44. The van der Waals surface area contributed by atoms with Crippen LogP contribution in [-0.4, -0.2) is 38.5 Å². The van der Waals surface area contributed by atoms with Gasteiger partial charge < -0.3 is 20.1 Å². The van der Waals surface area contributed by atoms with Crippen molar-refractivity contribution < 1.29 is 23.4 Å². The highest BCUT2D eigenvalue weighted by Gasteiger charge is 2.53. The van der Waals surface area contributed by atoms with E-state index in [9.17, 15) is 13.6 Å². The minimum Gasteiger partial charge on any atom is -0.390 e. The number of fused-ring (bicyclic) bond motifs is 2. The van der Waals surface area contributed by atoms with Crippen LogP contribution in [0, 0.1) is 6.92 Å². The average molecular weight is 608 g/mol. The molecule has 1 aromatic heterocycles. The molecule has 2 heterocycles. The molecule has 0 saturated heterocycles. The average Bonchev–Trinajstić information content (AvgIpc) is 3.68. The van der Waals surface area contributed by atoms with Crippen molar-refractivity contribution in [2.75, 3.05) is 21.4 Å². The lowest BCUT2D eigenvalue weighted by Crippen LogP contribution is -2.41.